The van der Waals surface area contributed by atoms with Gasteiger partial charge < -0.3 is 11.1 Å². The molecule has 1 heterocycles. The Kier molecular flexibility index (Phi) is 3.89. The van der Waals surface area contributed by atoms with Crippen molar-refractivity contribution in [2.45, 2.75) is 30.6 Å². The first-order chi connectivity index (χ1) is 8.20. The molecule has 0 aliphatic heterocycles. The van der Waals surface area contributed by atoms with Crippen molar-refractivity contribution < 1.29 is 4.79 Å². The van der Waals surface area contributed by atoms with Gasteiger partial charge in [-0.2, -0.15) is 11.8 Å². The van der Waals surface area contributed by atoms with E-state index in [1.165, 1.54) is 12.8 Å². The molecule has 2 rings (SSSR count). The fourth-order valence-corrected chi connectivity index (χ4v) is 3.15. The highest BCUT2D eigenvalue weighted by Gasteiger charge is 2.27. The molecule has 1 fully saturated rings. The molecule has 0 spiro atoms. The molecule has 0 radical (unpaired) electrons. The van der Waals surface area contributed by atoms with Crippen LogP contribution in [-0.4, -0.2) is 28.4 Å². The number of aromatic nitrogens is 1. The average Bonchev–Trinajstić information content (AvgIpc) is 2.76. The largest absolute Gasteiger partial charge is 0.384 e. The van der Waals surface area contributed by atoms with Gasteiger partial charge in [0.1, 0.15) is 5.82 Å². The maximum atomic E-state index is 12.0. The van der Waals surface area contributed by atoms with Gasteiger partial charge in [0, 0.05) is 23.1 Å². The number of carbonyl (C=O) groups is 1. The third-order valence-electron chi connectivity index (χ3n) is 3.12. The third-order valence-corrected chi connectivity index (χ3v) is 4.28. The minimum absolute atomic E-state index is 0.0509. The molecule has 3 N–H and O–H groups in total. The van der Waals surface area contributed by atoms with Crippen LogP contribution in [0.25, 0.3) is 0 Å². The highest BCUT2D eigenvalue weighted by Crippen LogP contribution is 2.28. The van der Waals surface area contributed by atoms with E-state index in [-0.39, 0.29) is 11.9 Å². The summed E-state index contributed by atoms with van der Waals surface area (Å²) in [5.41, 5.74) is 6.15. The number of rotatable bonds is 3. The van der Waals surface area contributed by atoms with Crippen molar-refractivity contribution in [2.24, 2.45) is 0 Å². The van der Waals surface area contributed by atoms with E-state index in [2.05, 4.69) is 16.6 Å². The zero-order valence-corrected chi connectivity index (χ0v) is 10.7. The summed E-state index contributed by atoms with van der Waals surface area (Å²) in [7, 11) is 0. The fourth-order valence-electron chi connectivity index (χ4n) is 2.21. The minimum Gasteiger partial charge on any atom is -0.384 e. The molecule has 1 aliphatic carbocycles. The standard InChI is InChI=1S/C12H17N3OS/c1-17-10-4-2-3-9(10)15-12(16)8-5-6-14-11(13)7-8/h5-7,9-10H,2-4H2,1H3,(H2,13,14)(H,15,16). The van der Waals surface area contributed by atoms with Crippen LogP contribution in [0.5, 0.6) is 0 Å². The number of carbonyl (C=O) groups excluding carboxylic acids is 1. The zero-order valence-electron chi connectivity index (χ0n) is 9.85. The second kappa shape index (κ2) is 5.40. The first-order valence-corrected chi connectivity index (χ1v) is 7.04. The molecule has 2 atom stereocenters. The van der Waals surface area contributed by atoms with Crippen molar-refractivity contribution in [1.29, 1.82) is 0 Å². The van der Waals surface area contributed by atoms with E-state index in [0.29, 0.717) is 16.6 Å². The summed E-state index contributed by atoms with van der Waals surface area (Å²) in [4.78, 5) is 15.9. The zero-order chi connectivity index (χ0) is 12.3. The highest BCUT2D eigenvalue weighted by atomic mass is 32.2. The summed E-state index contributed by atoms with van der Waals surface area (Å²) < 4.78 is 0. The van der Waals surface area contributed by atoms with Crippen LogP contribution in [0.2, 0.25) is 0 Å². The normalized spacial score (nSPS) is 23.6. The first-order valence-electron chi connectivity index (χ1n) is 5.76. The molecule has 4 nitrogen and oxygen atoms in total. The van der Waals surface area contributed by atoms with E-state index >= 15 is 0 Å². The van der Waals surface area contributed by atoms with Gasteiger partial charge in [0.2, 0.25) is 0 Å². The van der Waals surface area contributed by atoms with Crippen molar-refractivity contribution in [3.05, 3.63) is 23.9 Å². The van der Waals surface area contributed by atoms with Gasteiger partial charge in [0.15, 0.2) is 0 Å². The number of pyridine rings is 1. The maximum Gasteiger partial charge on any atom is 0.251 e. The maximum absolute atomic E-state index is 12.0. The summed E-state index contributed by atoms with van der Waals surface area (Å²) in [6.45, 7) is 0. The molecular formula is C12H17N3OS. The lowest BCUT2D eigenvalue weighted by Crippen LogP contribution is -2.38. The average molecular weight is 251 g/mol. The van der Waals surface area contributed by atoms with Crippen molar-refractivity contribution >= 4 is 23.5 Å². The summed E-state index contributed by atoms with van der Waals surface area (Å²) in [5, 5.41) is 3.62. The Hall–Kier alpha value is -1.23. The lowest BCUT2D eigenvalue weighted by molar-refractivity contribution is 0.0938. The Morgan fingerprint density at radius 3 is 3.12 bits per heavy atom. The molecule has 0 aromatic carbocycles. The number of thioether (sulfide) groups is 1. The molecule has 1 amide bonds. The van der Waals surface area contributed by atoms with Crippen molar-refractivity contribution in [1.82, 2.24) is 10.3 Å². The van der Waals surface area contributed by atoms with Crippen molar-refractivity contribution in [3.8, 4) is 0 Å². The van der Waals surface area contributed by atoms with Crippen LogP contribution in [0.3, 0.4) is 0 Å². The SMILES string of the molecule is CSC1CCCC1NC(=O)c1ccnc(N)c1. The van der Waals surface area contributed by atoms with Crippen LogP contribution in [-0.2, 0) is 0 Å². The first kappa shape index (κ1) is 12.2. The molecule has 5 heteroatoms. The van der Waals surface area contributed by atoms with E-state index in [9.17, 15) is 4.79 Å². The van der Waals surface area contributed by atoms with Crippen LogP contribution in [0.4, 0.5) is 5.82 Å². The van der Waals surface area contributed by atoms with Crippen LogP contribution >= 0.6 is 11.8 Å². The topological polar surface area (TPSA) is 68.0 Å². The molecule has 1 aromatic heterocycles. The monoisotopic (exact) mass is 251 g/mol. The number of nitrogens with one attached hydrogen (secondary N) is 1. The van der Waals surface area contributed by atoms with E-state index in [0.717, 1.165) is 6.42 Å². The molecule has 1 saturated carbocycles. The number of amides is 1. The summed E-state index contributed by atoms with van der Waals surface area (Å²) in [5.74, 6) is 0.329. The summed E-state index contributed by atoms with van der Waals surface area (Å²) in [6.07, 6.45) is 7.10. The molecule has 0 saturated heterocycles. The van der Waals surface area contributed by atoms with Gasteiger partial charge in [-0.15, -0.1) is 0 Å². The van der Waals surface area contributed by atoms with Crippen LogP contribution in [0.1, 0.15) is 29.6 Å². The van der Waals surface area contributed by atoms with E-state index in [1.807, 2.05) is 11.8 Å². The molecule has 92 valence electrons. The van der Waals surface area contributed by atoms with Crippen LogP contribution < -0.4 is 11.1 Å². The van der Waals surface area contributed by atoms with E-state index in [4.69, 9.17) is 5.73 Å². The Morgan fingerprint density at radius 2 is 2.41 bits per heavy atom. The second-order valence-corrected chi connectivity index (χ2v) is 5.33. The van der Waals surface area contributed by atoms with Crippen molar-refractivity contribution in [2.75, 3.05) is 12.0 Å². The number of nitrogens with two attached hydrogens (primary N) is 1. The molecule has 2 unspecified atom stereocenters. The van der Waals surface area contributed by atoms with E-state index in [1.54, 1.807) is 18.3 Å². The van der Waals surface area contributed by atoms with Gasteiger partial charge in [0.05, 0.1) is 0 Å². The number of nitrogen functional groups attached to an aromatic ring is 1. The second-order valence-electron chi connectivity index (χ2n) is 4.25. The smallest absolute Gasteiger partial charge is 0.251 e. The van der Waals surface area contributed by atoms with Crippen LogP contribution in [0, 0.1) is 0 Å². The summed E-state index contributed by atoms with van der Waals surface area (Å²) in [6, 6.07) is 3.58. The highest BCUT2D eigenvalue weighted by molar-refractivity contribution is 7.99. The molecular weight excluding hydrogens is 234 g/mol. The number of hydrogen-bond donors (Lipinski definition) is 2. The van der Waals surface area contributed by atoms with E-state index < -0.39 is 0 Å². The summed E-state index contributed by atoms with van der Waals surface area (Å²) >= 11 is 1.83. The van der Waals surface area contributed by atoms with Gasteiger partial charge in [-0.05, 0) is 31.2 Å². The number of nitrogens with zero attached hydrogens (tertiary/aromatic N) is 1. The Labute approximate surface area is 105 Å². The fraction of sp³-hybridized carbons (Fsp3) is 0.500. The van der Waals surface area contributed by atoms with Gasteiger partial charge in [0.25, 0.3) is 5.91 Å². The van der Waals surface area contributed by atoms with Gasteiger partial charge >= 0.3 is 0 Å². The molecule has 1 aliphatic rings. The Morgan fingerprint density at radius 1 is 1.59 bits per heavy atom. The number of hydrogen-bond acceptors (Lipinski definition) is 4. The lowest BCUT2D eigenvalue weighted by atomic mass is 10.2. The third kappa shape index (κ3) is 2.91. The quantitative estimate of drug-likeness (QED) is 0.857. The Bertz CT molecular complexity index is 410. The van der Waals surface area contributed by atoms with Crippen LogP contribution in [0.15, 0.2) is 18.3 Å². The Balaban J connectivity index is 2.01. The molecule has 0 bridgehead atoms. The van der Waals surface area contributed by atoms with Crippen molar-refractivity contribution in [3.63, 3.8) is 0 Å². The van der Waals surface area contributed by atoms with Gasteiger partial charge in [-0.1, -0.05) is 6.42 Å². The number of anilines is 1. The predicted octanol–water partition coefficient (Wildman–Crippen LogP) is 1.68. The minimum atomic E-state index is -0.0509. The lowest BCUT2D eigenvalue weighted by Gasteiger charge is -2.19. The molecule has 17 heavy (non-hydrogen) atoms. The van der Waals surface area contributed by atoms with Gasteiger partial charge in [-0.25, -0.2) is 4.98 Å². The molecule has 1 aromatic rings. The van der Waals surface area contributed by atoms with Gasteiger partial charge in [-0.3, -0.25) is 4.79 Å². The predicted molar refractivity (Wildman–Crippen MR) is 71.1 cm³/mol.